The lowest BCUT2D eigenvalue weighted by Gasteiger charge is -2.05. The molecule has 0 atom stereocenters. The minimum absolute atomic E-state index is 0.185. The third-order valence-corrected chi connectivity index (χ3v) is 2.47. The van der Waals surface area contributed by atoms with Crippen molar-refractivity contribution in [3.8, 4) is 0 Å². The van der Waals surface area contributed by atoms with E-state index in [-0.39, 0.29) is 12.6 Å². The van der Waals surface area contributed by atoms with Crippen LogP contribution in [-0.2, 0) is 6.54 Å². The first-order chi connectivity index (χ1) is 7.70. The fourth-order valence-electron chi connectivity index (χ4n) is 1.11. The molecule has 0 fully saturated rings. The summed E-state index contributed by atoms with van der Waals surface area (Å²) >= 11 is 11.9. The van der Waals surface area contributed by atoms with Crippen molar-refractivity contribution in [2.75, 3.05) is 5.32 Å². The van der Waals surface area contributed by atoms with Crippen LogP contribution in [0.4, 0.5) is 11.7 Å². The maximum absolute atomic E-state index is 5.96. The molecule has 0 aliphatic heterocycles. The van der Waals surface area contributed by atoms with Crippen molar-refractivity contribution >= 4 is 34.9 Å². The van der Waals surface area contributed by atoms with E-state index in [4.69, 9.17) is 33.4 Å². The van der Waals surface area contributed by atoms with Gasteiger partial charge in [0, 0.05) is 0 Å². The van der Waals surface area contributed by atoms with Crippen molar-refractivity contribution in [3.63, 3.8) is 0 Å². The molecule has 5 nitrogen and oxygen atoms in total. The molecule has 0 bridgehead atoms. The Labute approximate surface area is 102 Å². The fourth-order valence-corrected chi connectivity index (χ4v) is 1.60. The molecule has 0 aliphatic rings. The van der Waals surface area contributed by atoms with Crippen molar-refractivity contribution in [3.05, 3.63) is 34.1 Å². The summed E-state index contributed by atoms with van der Waals surface area (Å²) in [5.41, 5.74) is 5.87. The largest absolute Gasteiger partial charge is 0.406 e. The maximum atomic E-state index is 5.96. The lowest BCUT2D eigenvalue weighted by molar-refractivity contribution is 0.511. The Bertz CT molecular complexity index is 480. The summed E-state index contributed by atoms with van der Waals surface area (Å²) in [7, 11) is 0. The number of nitrogens with one attached hydrogen (secondary N) is 1. The number of para-hydroxylation sites is 1. The Balaban J connectivity index is 2.26. The number of aromatic nitrogens is 2. The summed E-state index contributed by atoms with van der Waals surface area (Å²) in [5, 5.41) is 11.2. The first-order valence-corrected chi connectivity index (χ1v) is 5.20. The molecule has 7 heteroatoms. The first-order valence-electron chi connectivity index (χ1n) is 4.44. The van der Waals surface area contributed by atoms with Crippen LogP contribution in [0, 0.1) is 0 Å². The number of rotatable bonds is 3. The zero-order valence-electron chi connectivity index (χ0n) is 8.08. The van der Waals surface area contributed by atoms with Gasteiger partial charge in [-0.2, -0.15) is 0 Å². The normalized spacial score (nSPS) is 10.4. The maximum Gasteiger partial charge on any atom is 0.320 e. The Morgan fingerprint density at radius 2 is 1.94 bits per heavy atom. The zero-order chi connectivity index (χ0) is 11.5. The molecule has 1 aromatic heterocycles. The summed E-state index contributed by atoms with van der Waals surface area (Å²) in [6.07, 6.45) is 0. The minimum Gasteiger partial charge on any atom is -0.406 e. The number of nitrogens with zero attached hydrogens (tertiary/aromatic N) is 2. The Morgan fingerprint density at radius 1 is 1.25 bits per heavy atom. The highest BCUT2D eigenvalue weighted by Crippen LogP contribution is 2.31. The molecule has 2 aromatic rings. The van der Waals surface area contributed by atoms with Crippen LogP contribution in [0.25, 0.3) is 0 Å². The van der Waals surface area contributed by atoms with Gasteiger partial charge in [0.15, 0.2) is 0 Å². The first kappa shape index (κ1) is 11.2. The van der Waals surface area contributed by atoms with Crippen LogP contribution in [0.1, 0.15) is 5.89 Å². The number of halogens is 2. The van der Waals surface area contributed by atoms with Crippen LogP contribution in [-0.4, -0.2) is 10.2 Å². The highest BCUT2D eigenvalue weighted by molar-refractivity contribution is 6.39. The van der Waals surface area contributed by atoms with E-state index in [0.29, 0.717) is 21.6 Å². The average molecular weight is 259 g/mol. The monoisotopic (exact) mass is 258 g/mol. The van der Waals surface area contributed by atoms with Crippen LogP contribution in [0.15, 0.2) is 22.6 Å². The second-order valence-electron chi connectivity index (χ2n) is 2.93. The van der Waals surface area contributed by atoms with Gasteiger partial charge in [-0.3, -0.25) is 0 Å². The summed E-state index contributed by atoms with van der Waals surface area (Å²) in [5.74, 6) is 0.339. The number of benzene rings is 1. The van der Waals surface area contributed by atoms with Crippen molar-refractivity contribution in [2.24, 2.45) is 5.73 Å². The van der Waals surface area contributed by atoms with E-state index in [1.807, 2.05) is 0 Å². The van der Waals surface area contributed by atoms with Crippen LogP contribution >= 0.6 is 23.2 Å². The molecule has 0 spiro atoms. The van der Waals surface area contributed by atoms with Gasteiger partial charge < -0.3 is 15.5 Å². The zero-order valence-corrected chi connectivity index (χ0v) is 9.59. The molecule has 2 rings (SSSR count). The van der Waals surface area contributed by atoms with Gasteiger partial charge in [0.05, 0.1) is 22.3 Å². The topological polar surface area (TPSA) is 77.0 Å². The third kappa shape index (κ3) is 2.27. The van der Waals surface area contributed by atoms with Gasteiger partial charge in [0.25, 0.3) is 0 Å². The summed E-state index contributed by atoms with van der Waals surface area (Å²) in [6.45, 7) is 0.185. The van der Waals surface area contributed by atoms with Gasteiger partial charge in [-0.15, -0.1) is 5.10 Å². The Kier molecular flexibility index (Phi) is 3.28. The third-order valence-electron chi connectivity index (χ3n) is 1.84. The van der Waals surface area contributed by atoms with Crippen LogP contribution in [0.2, 0.25) is 10.0 Å². The molecule has 16 heavy (non-hydrogen) atoms. The molecule has 1 aromatic carbocycles. The number of anilines is 2. The molecule has 0 unspecified atom stereocenters. The number of nitrogens with two attached hydrogens (primary N) is 1. The second-order valence-corrected chi connectivity index (χ2v) is 3.74. The highest BCUT2D eigenvalue weighted by Gasteiger charge is 2.09. The molecule has 0 saturated heterocycles. The van der Waals surface area contributed by atoms with Crippen molar-refractivity contribution in [2.45, 2.75) is 6.54 Å². The van der Waals surface area contributed by atoms with E-state index in [1.54, 1.807) is 18.2 Å². The van der Waals surface area contributed by atoms with E-state index < -0.39 is 0 Å². The van der Waals surface area contributed by atoms with Crippen molar-refractivity contribution in [1.29, 1.82) is 0 Å². The Morgan fingerprint density at radius 3 is 2.50 bits per heavy atom. The molecule has 0 aliphatic carbocycles. The molecule has 3 N–H and O–H groups in total. The predicted octanol–water partition coefficient (Wildman–Crippen LogP) is 2.58. The Hall–Kier alpha value is -1.30. The number of hydrogen-bond acceptors (Lipinski definition) is 5. The lowest BCUT2D eigenvalue weighted by atomic mass is 10.3. The quantitative estimate of drug-likeness (QED) is 0.885. The summed E-state index contributed by atoms with van der Waals surface area (Å²) in [4.78, 5) is 0. The van der Waals surface area contributed by atoms with Crippen molar-refractivity contribution in [1.82, 2.24) is 10.2 Å². The summed E-state index contributed by atoms with van der Waals surface area (Å²) in [6, 6.07) is 5.36. The van der Waals surface area contributed by atoms with E-state index in [0.717, 1.165) is 0 Å². The van der Waals surface area contributed by atoms with E-state index in [9.17, 15) is 0 Å². The second kappa shape index (κ2) is 4.69. The standard InChI is InChI=1S/C9H8Cl2N4O/c10-5-2-1-3-6(11)8(5)13-9-15-14-7(4-12)16-9/h1-3H,4,12H2,(H,13,15). The van der Waals surface area contributed by atoms with Crippen LogP contribution < -0.4 is 11.1 Å². The average Bonchev–Trinajstić information content (AvgIpc) is 2.71. The number of hydrogen-bond donors (Lipinski definition) is 2. The lowest BCUT2D eigenvalue weighted by Crippen LogP contribution is -1.95. The molecular weight excluding hydrogens is 251 g/mol. The van der Waals surface area contributed by atoms with Gasteiger partial charge in [-0.25, -0.2) is 0 Å². The molecule has 0 saturated carbocycles. The van der Waals surface area contributed by atoms with Crippen LogP contribution in [0.3, 0.4) is 0 Å². The predicted molar refractivity (Wildman–Crippen MR) is 61.9 cm³/mol. The van der Waals surface area contributed by atoms with Crippen LogP contribution in [0.5, 0.6) is 0 Å². The van der Waals surface area contributed by atoms with Gasteiger partial charge >= 0.3 is 6.01 Å². The molecule has 0 amide bonds. The molecule has 1 heterocycles. The van der Waals surface area contributed by atoms with Gasteiger partial charge in [-0.1, -0.05) is 34.4 Å². The smallest absolute Gasteiger partial charge is 0.320 e. The fraction of sp³-hybridized carbons (Fsp3) is 0.111. The minimum atomic E-state index is 0.185. The molecule has 0 radical (unpaired) electrons. The van der Waals surface area contributed by atoms with E-state index >= 15 is 0 Å². The van der Waals surface area contributed by atoms with Gasteiger partial charge in [0.2, 0.25) is 5.89 Å². The van der Waals surface area contributed by atoms with Gasteiger partial charge in [-0.05, 0) is 12.1 Å². The molecular formula is C9H8Cl2N4O. The van der Waals surface area contributed by atoms with Gasteiger partial charge in [0.1, 0.15) is 0 Å². The summed E-state index contributed by atoms with van der Waals surface area (Å²) < 4.78 is 5.17. The SMILES string of the molecule is NCc1nnc(Nc2c(Cl)cccc2Cl)o1. The molecule has 84 valence electrons. The van der Waals surface area contributed by atoms with E-state index in [2.05, 4.69) is 15.5 Å². The van der Waals surface area contributed by atoms with Crippen molar-refractivity contribution < 1.29 is 4.42 Å². The van der Waals surface area contributed by atoms with E-state index in [1.165, 1.54) is 0 Å². The highest BCUT2D eigenvalue weighted by atomic mass is 35.5.